The van der Waals surface area contributed by atoms with Crippen molar-refractivity contribution in [3.8, 4) is 0 Å². The van der Waals surface area contributed by atoms with E-state index >= 15 is 0 Å². The largest absolute Gasteiger partial charge is 0.511 e. The molecular formula is C24H35N5O8S. The van der Waals surface area contributed by atoms with Crippen LogP contribution in [-0.4, -0.2) is 82.9 Å². The van der Waals surface area contributed by atoms with Crippen LogP contribution in [0.1, 0.15) is 52.9 Å². The number of amides is 3. The predicted octanol–water partition coefficient (Wildman–Crippen LogP) is 1.16. The van der Waals surface area contributed by atoms with Crippen LogP contribution in [0.4, 0.5) is 9.59 Å². The summed E-state index contributed by atoms with van der Waals surface area (Å²) in [7, 11) is 0. The summed E-state index contributed by atoms with van der Waals surface area (Å²) in [6.07, 6.45) is 1.40. The molecule has 4 aliphatic rings. The fourth-order valence-corrected chi connectivity index (χ4v) is 6.69. The van der Waals surface area contributed by atoms with E-state index in [-0.39, 0.29) is 34.8 Å². The molecular weight excluding hydrogens is 518 g/mol. The molecule has 0 aromatic rings. The molecule has 0 bridgehead atoms. The van der Waals surface area contributed by atoms with Gasteiger partial charge in [0.1, 0.15) is 11.8 Å². The Morgan fingerprint density at radius 1 is 1.21 bits per heavy atom. The van der Waals surface area contributed by atoms with E-state index in [2.05, 4.69) is 15.6 Å². The number of esters is 1. The van der Waals surface area contributed by atoms with E-state index in [1.165, 1.54) is 23.6 Å². The predicted molar refractivity (Wildman–Crippen MR) is 136 cm³/mol. The van der Waals surface area contributed by atoms with Crippen LogP contribution in [-0.2, 0) is 23.8 Å². The maximum Gasteiger partial charge on any atom is 0.511 e. The average molecular weight is 554 g/mol. The van der Waals surface area contributed by atoms with Crippen LogP contribution in [0.5, 0.6) is 0 Å². The zero-order valence-electron chi connectivity index (χ0n) is 21.7. The van der Waals surface area contributed by atoms with Gasteiger partial charge < -0.3 is 35.3 Å². The molecule has 2 fully saturated rings. The van der Waals surface area contributed by atoms with Gasteiger partial charge >= 0.3 is 18.2 Å². The number of thioether (sulfide) groups is 1. The zero-order chi connectivity index (χ0) is 27.6. The zero-order valence-corrected chi connectivity index (χ0v) is 22.5. The summed E-state index contributed by atoms with van der Waals surface area (Å²) in [4.78, 5) is 55.8. The van der Waals surface area contributed by atoms with E-state index in [0.717, 1.165) is 32.1 Å². The number of carbonyl (C=O) groups is 4. The molecule has 1 saturated heterocycles. The first-order valence-electron chi connectivity index (χ1n) is 12.9. The van der Waals surface area contributed by atoms with Crippen molar-refractivity contribution in [2.24, 2.45) is 22.6 Å². The van der Waals surface area contributed by atoms with Gasteiger partial charge in [-0.3, -0.25) is 15.1 Å². The summed E-state index contributed by atoms with van der Waals surface area (Å²) >= 11 is 1.38. The minimum atomic E-state index is -1.24. The minimum Gasteiger partial charge on any atom is -0.431 e. The SMILES string of the molecule is CC(OC(=O)OC1CCCCC1)OC(=O)C1=C(SC2CN=C(NC(N)=O)NC2)[C@H](C)[C@@H]2[C@@H]([C@@H](C)O)C(=O)N12. The molecule has 0 aromatic carbocycles. The highest BCUT2D eigenvalue weighted by Crippen LogP contribution is 2.51. The Balaban J connectivity index is 1.45. The molecule has 6 atom stereocenters. The van der Waals surface area contributed by atoms with Crippen molar-refractivity contribution in [3.05, 3.63) is 10.6 Å². The van der Waals surface area contributed by atoms with E-state index in [1.807, 2.05) is 6.92 Å². The monoisotopic (exact) mass is 553 g/mol. The molecule has 210 valence electrons. The van der Waals surface area contributed by atoms with Crippen LogP contribution in [0, 0.1) is 11.8 Å². The normalized spacial score (nSPS) is 28.8. The number of aliphatic imine (C=N–C) groups is 1. The van der Waals surface area contributed by atoms with Crippen molar-refractivity contribution in [2.45, 2.75) is 82.7 Å². The second kappa shape index (κ2) is 11.8. The third-order valence-electron chi connectivity index (χ3n) is 7.14. The molecule has 14 heteroatoms. The Morgan fingerprint density at radius 2 is 1.92 bits per heavy atom. The molecule has 3 amide bonds. The number of urea groups is 1. The van der Waals surface area contributed by atoms with E-state index in [9.17, 15) is 24.3 Å². The quantitative estimate of drug-likeness (QED) is 0.203. The molecule has 2 unspecified atom stereocenters. The lowest BCUT2D eigenvalue weighted by Crippen LogP contribution is -2.63. The molecule has 3 aliphatic heterocycles. The van der Waals surface area contributed by atoms with Gasteiger partial charge in [-0.2, -0.15) is 0 Å². The van der Waals surface area contributed by atoms with Crippen molar-refractivity contribution in [2.75, 3.05) is 13.1 Å². The van der Waals surface area contributed by atoms with Gasteiger partial charge in [0, 0.05) is 29.5 Å². The number of β-lactam (4-membered cyclic amide) rings is 1. The third kappa shape index (κ3) is 6.01. The average Bonchev–Trinajstić information content (AvgIpc) is 3.08. The second-order valence-electron chi connectivity index (χ2n) is 9.98. The van der Waals surface area contributed by atoms with E-state index < -0.39 is 42.5 Å². The highest BCUT2D eigenvalue weighted by Gasteiger charge is 2.60. The van der Waals surface area contributed by atoms with Crippen molar-refractivity contribution >= 4 is 41.8 Å². The number of aliphatic hydroxyl groups is 1. The number of hydrogen-bond acceptors (Lipinski definition) is 11. The van der Waals surface area contributed by atoms with E-state index in [0.29, 0.717) is 18.0 Å². The van der Waals surface area contributed by atoms with Gasteiger partial charge in [-0.15, -0.1) is 11.8 Å². The Hall–Kier alpha value is -3.00. The number of nitrogens with two attached hydrogens (primary N) is 1. The summed E-state index contributed by atoms with van der Waals surface area (Å²) in [6.45, 7) is 5.61. The van der Waals surface area contributed by atoms with Gasteiger partial charge in [0.25, 0.3) is 0 Å². The Bertz CT molecular complexity index is 1030. The molecule has 4 rings (SSSR count). The number of carbonyl (C=O) groups excluding carboxylic acids is 4. The van der Waals surface area contributed by atoms with Gasteiger partial charge in [0.15, 0.2) is 5.96 Å². The topological polar surface area (TPSA) is 182 Å². The first kappa shape index (κ1) is 28.0. The number of nitrogens with one attached hydrogen (secondary N) is 2. The Labute approximate surface area is 224 Å². The Morgan fingerprint density at radius 3 is 2.53 bits per heavy atom. The molecule has 1 aliphatic carbocycles. The lowest BCUT2D eigenvalue weighted by molar-refractivity contribution is -0.174. The van der Waals surface area contributed by atoms with Gasteiger partial charge in [-0.1, -0.05) is 13.3 Å². The molecule has 3 heterocycles. The van der Waals surface area contributed by atoms with Crippen molar-refractivity contribution in [1.29, 1.82) is 0 Å². The number of fused-ring (bicyclic) bond motifs is 1. The maximum absolute atomic E-state index is 13.3. The summed E-state index contributed by atoms with van der Waals surface area (Å²) < 4.78 is 15.9. The summed E-state index contributed by atoms with van der Waals surface area (Å²) in [5.74, 6) is -1.79. The van der Waals surface area contributed by atoms with Crippen molar-refractivity contribution in [1.82, 2.24) is 15.5 Å². The molecule has 13 nitrogen and oxygen atoms in total. The van der Waals surface area contributed by atoms with Gasteiger partial charge in [-0.05, 0) is 32.6 Å². The lowest BCUT2D eigenvalue weighted by atomic mass is 9.79. The number of hydrogen-bond donors (Lipinski definition) is 4. The number of nitrogens with zero attached hydrogens (tertiary/aromatic N) is 2. The number of rotatable bonds is 7. The van der Waals surface area contributed by atoms with Crippen molar-refractivity contribution < 1.29 is 38.5 Å². The number of guanidine groups is 1. The molecule has 0 radical (unpaired) electrons. The number of ether oxygens (including phenoxy) is 3. The van der Waals surface area contributed by atoms with Gasteiger partial charge in [0.05, 0.1) is 24.6 Å². The summed E-state index contributed by atoms with van der Waals surface area (Å²) in [6, 6.07) is -1.13. The molecule has 38 heavy (non-hydrogen) atoms. The van der Waals surface area contributed by atoms with Crippen LogP contribution in [0.15, 0.2) is 15.6 Å². The fourth-order valence-electron chi connectivity index (χ4n) is 5.37. The van der Waals surface area contributed by atoms with E-state index in [4.69, 9.17) is 19.9 Å². The molecule has 0 spiro atoms. The number of aliphatic hydroxyl groups excluding tert-OH is 1. The van der Waals surface area contributed by atoms with Crippen LogP contribution in [0.25, 0.3) is 0 Å². The summed E-state index contributed by atoms with van der Waals surface area (Å²) in [5, 5.41) is 15.4. The van der Waals surface area contributed by atoms with E-state index in [1.54, 1.807) is 6.92 Å². The first-order valence-corrected chi connectivity index (χ1v) is 13.8. The second-order valence-corrected chi connectivity index (χ2v) is 11.3. The maximum atomic E-state index is 13.3. The Kier molecular flexibility index (Phi) is 8.71. The highest BCUT2D eigenvalue weighted by molar-refractivity contribution is 8.03. The standard InChI is InChI=1S/C24H35N5O8S/c1-11-17-16(12(2)30)20(31)29(17)18(19(11)38-15-9-26-23(27-10-15)28-22(25)33)21(32)35-13(3)36-24(34)37-14-7-5-4-6-8-14/h11-17,30H,4-10H2,1-3H3,(H4,25,26,27,28,33)/t11-,12-,13?,16-,17-/m1/s1. The van der Waals surface area contributed by atoms with Crippen molar-refractivity contribution in [3.63, 3.8) is 0 Å². The summed E-state index contributed by atoms with van der Waals surface area (Å²) in [5.41, 5.74) is 5.21. The highest BCUT2D eigenvalue weighted by atomic mass is 32.2. The fraction of sp³-hybridized carbons (Fsp3) is 0.708. The van der Waals surface area contributed by atoms with Crippen LogP contribution >= 0.6 is 11.8 Å². The third-order valence-corrected chi connectivity index (χ3v) is 8.61. The number of primary amides is 1. The molecule has 0 aromatic heterocycles. The van der Waals surface area contributed by atoms with Crippen LogP contribution in [0.2, 0.25) is 0 Å². The van der Waals surface area contributed by atoms with Gasteiger partial charge in [-0.25, -0.2) is 14.4 Å². The first-order chi connectivity index (χ1) is 18.1. The van der Waals surface area contributed by atoms with Crippen LogP contribution < -0.4 is 16.4 Å². The van der Waals surface area contributed by atoms with Crippen LogP contribution in [0.3, 0.4) is 0 Å². The van der Waals surface area contributed by atoms with Gasteiger partial charge in [0.2, 0.25) is 12.2 Å². The molecule has 5 N–H and O–H groups in total. The minimum absolute atomic E-state index is 0.0792. The molecule has 1 saturated carbocycles. The smallest absolute Gasteiger partial charge is 0.431 e. The lowest BCUT2D eigenvalue weighted by Gasteiger charge is -2.46.